The Morgan fingerprint density at radius 2 is 2.16 bits per heavy atom. The maximum Gasteiger partial charge on any atom is 0.252 e. The molecule has 1 N–H and O–H groups in total. The van der Waals surface area contributed by atoms with Crippen molar-refractivity contribution in [3.63, 3.8) is 0 Å². The first-order valence-electron chi connectivity index (χ1n) is 6.58. The molecule has 0 aliphatic carbocycles. The van der Waals surface area contributed by atoms with E-state index in [2.05, 4.69) is 44.8 Å². The van der Waals surface area contributed by atoms with Crippen molar-refractivity contribution in [2.24, 2.45) is 0 Å². The smallest absolute Gasteiger partial charge is 0.252 e. The fourth-order valence-electron chi connectivity index (χ4n) is 2.11. The molecular weight excluding hydrogens is 373 g/mol. The van der Waals surface area contributed by atoms with Gasteiger partial charge in [0.2, 0.25) is 0 Å². The van der Waals surface area contributed by atoms with Gasteiger partial charge in [-0.25, -0.2) is 0 Å². The molecule has 0 saturated carbocycles. The van der Waals surface area contributed by atoms with Gasteiger partial charge in [-0.05, 0) is 48.7 Å². The van der Waals surface area contributed by atoms with Gasteiger partial charge in [-0.3, -0.25) is 4.79 Å². The van der Waals surface area contributed by atoms with Crippen LogP contribution in [0.2, 0.25) is 0 Å². The molecule has 4 nitrogen and oxygen atoms in total. The molecule has 2 rings (SSSR count). The highest BCUT2D eigenvalue weighted by molar-refractivity contribution is 14.1. The maximum absolute atomic E-state index is 11.8. The molecular formula is C13H20IN3OS. The maximum atomic E-state index is 11.8. The molecule has 1 fully saturated rings. The van der Waals surface area contributed by atoms with E-state index in [1.54, 1.807) is 11.3 Å². The SMILES string of the molecule is CN1CCN(CCCNC(=O)c2csc(I)c2)CC1. The van der Waals surface area contributed by atoms with E-state index in [9.17, 15) is 4.79 Å². The van der Waals surface area contributed by atoms with Crippen LogP contribution in [-0.2, 0) is 0 Å². The minimum Gasteiger partial charge on any atom is -0.352 e. The average molecular weight is 393 g/mol. The molecule has 0 spiro atoms. The largest absolute Gasteiger partial charge is 0.352 e. The number of carbonyl (C=O) groups is 1. The Morgan fingerprint density at radius 3 is 2.79 bits per heavy atom. The Hall–Kier alpha value is -0.180. The van der Waals surface area contributed by atoms with Crippen molar-refractivity contribution < 1.29 is 4.79 Å². The van der Waals surface area contributed by atoms with Crippen LogP contribution in [0, 0.1) is 2.88 Å². The Balaban J connectivity index is 1.60. The molecule has 0 bridgehead atoms. The molecule has 106 valence electrons. The summed E-state index contributed by atoms with van der Waals surface area (Å²) in [5.41, 5.74) is 0.786. The minimum atomic E-state index is 0.0533. The Labute approximate surface area is 132 Å². The number of piperazine rings is 1. The van der Waals surface area contributed by atoms with E-state index >= 15 is 0 Å². The normalized spacial score (nSPS) is 17.6. The van der Waals surface area contributed by atoms with E-state index in [1.807, 2.05) is 11.4 Å². The molecule has 6 heteroatoms. The van der Waals surface area contributed by atoms with Crippen LogP contribution < -0.4 is 5.32 Å². The van der Waals surface area contributed by atoms with Gasteiger partial charge in [0.1, 0.15) is 0 Å². The second kappa shape index (κ2) is 7.56. The van der Waals surface area contributed by atoms with Crippen LogP contribution in [0.25, 0.3) is 0 Å². The van der Waals surface area contributed by atoms with Crippen molar-refractivity contribution in [2.75, 3.05) is 46.3 Å². The lowest BCUT2D eigenvalue weighted by molar-refractivity contribution is 0.0950. The predicted molar refractivity (Wildman–Crippen MR) is 87.9 cm³/mol. The third kappa shape index (κ3) is 5.02. The highest BCUT2D eigenvalue weighted by Crippen LogP contribution is 2.16. The van der Waals surface area contributed by atoms with Gasteiger partial charge in [0.25, 0.3) is 5.91 Å². The number of hydrogen-bond acceptors (Lipinski definition) is 4. The number of hydrogen-bond donors (Lipinski definition) is 1. The van der Waals surface area contributed by atoms with Crippen LogP contribution in [0.4, 0.5) is 0 Å². The summed E-state index contributed by atoms with van der Waals surface area (Å²) >= 11 is 3.85. The number of thiophene rings is 1. The summed E-state index contributed by atoms with van der Waals surface area (Å²) in [6.45, 7) is 6.44. The highest BCUT2D eigenvalue weighted by Gasteiger charge is 2.13. The third-order valence-corrected chi connectivity index (χ3v) is 5.15. The topological polar surface area (TPSA) is 35.6 Å². The lowest BCUT2D eigenvalue weighted by Gasteiger charge is -2.32. The fourth-order valence-corrected chi connectivity index (χ4v) is 3.43. The van der Waals surface area contributed by atoms with Gasteiger partial charge in [-0.1, -0.05) is 0 Å². The van der Waals surface area contributed by atoms with Crippen molar-refractivity contribution >= 4 is 39.8 Å². The summed E-state index contributed by atoms with van der Waals surface area (Å²) in [5.74, 6) is 0.0533. The van der Waals surface area contributed by atoms with E-state index in [4.69, 9.17) is 0 Å². The first kappa shape index (κ1) is 15.2. The Bertz CT molecular complexity index is 416. The molecule has 0 unspecified atom stereocenters. The molecule has 0 atom stereocenters. The number of rotatable bonds is 5. The first-order valence-corrected chi connectivity index (χ1v) is 8.54. The second-order valence-electron chi connectivity index (χ2n) is 4.89. The van der Waals surface area contributed by atoms with E-state index in [0.717, 1.165) is 54.1 Å². The van der Waals surface area contributed by atoms with Gasteiger partial charge in [0.05, 0.1) is 8.45 Å². The second-order valence-corrected chi connectivity index (χ2v) is 7.70. The van der Waals surface area contributed by atoms with Crippen molar-refractivity contribution in [1.29, 1.82) is 0 Å². The molecule has 1 amide bonds. The van der Waals surface area contributed by atoms with E-state index < -0.39 is 0 Å². The number of amides is 1. The zero-order valence-electron chi connectivity index (χ0n) is 11.2. The Morgan fingerprint density at radius 1 is 1.42 bits per heavy atom. The molecule has 1 saturated heterocycles. The van der Waals surface area contributed by atoms with Gasteiger partial charge in [0.15, 0.2) is 0 Å². The highest BCUT2D eigenvalue weighted by atomic mass is 127. The van der Waals surface area contributed by atoms with Crippen LogP contribution >= 0.6 is 33.9 Å². The van der Waals surface area contributed by atoms with Gasteiger partial charge >= 0.3 is 0 Å². The number of nitrogens with one attached hydrogen (secondary N) is 1. The average Bonchev–Trinajstić information content (AvgIpc) is 2.83. The van der Waals surface area contributed by atoms with Crippen molar-refractivity contribution in [3.05, 3.63) is 19.9 Å². The van der Waals surface area contributed by atoms with E-state index in [1.165, 1.54) is 0 Å². The molecule has 2 heterocycles. The molecule has 1 aliphatic rings. The van der Waals surface area contributed by atoms with Crippen LogP contribution in [0.3, 0.4) is 0 Å². The van der Waals surface area contributed by atoms with Crippen molar-refractivity contribution in [3.8, 4) is 0 Å². The number of likely N-dealkylation sites (N-methyl/N-ethyl adjacent to an activating group) is 1. The zero-order valence-corrected chi connectivity index (χ0v) is 14.2. The summed E-state index contributed by atoms with van der Waals surface area (Å²) in [4.78, 5) is 16.7. The molecule has 0 aromatic carbocycles. The summed E-state index contributed by atoms with van der Waals surface area (Å²) in [6, 6.07) is 1.93. The van der Waals surface area contributed by atoms with E-state index in [0.29, 0.717) is 0 Å². The van der Waals surface area contributed by atoms with Crippen molar-refractivity contribution in [1.82, 2.24) is 15.1 Å². The Kier molecular flexibility index (Phi) is 6.06. The van der Waals surface area contributed by atoms with Crippen molar-refractivity contribution in [2.45, 2.75) is 6.42 Å². The molecule has 19 heavy (non-hydrogen) atoms. The van der Waals surface area contributed by atoms with Crippen LogP contribution in [-0.4, -0.2) is 62.0 Å². The van der Waals surface area contributed by atoms with Crippen LogP contribution in [0.15, 0.2) is 11.4 Å². The number of halogens is 1. The summed E-state index contributed by atoms with van der Waals surface area (Å²) < 4.78 is 1.15. The number of nitrogens with zero attached hydrogens (tertiary/aromatic N) is 2. The van der Waals surface area contributed by atoms with Gasteiger partial charge in [0, 0.05) is 38.1 Å². The molecule has 1 aliphatic heterocycles. The van der Waals surface area contributed by atoms with Crippen LogP contribution in [0.1, 0.15) is 16.8 Å². The summed E-state index contributed by atoms with van der Waals surface area (Å²) in [7, 11) is 2.17. The summed E-state index contributed by atoms with van der Waals surface area (Å²) in [5, 5.41) is 4.90. The number of carbonyl (C=O) groups excluding carboxylic acids is 1. The van der Waals surface area contributed by atoms with Gasteiger partial charge < -0.3 is 15.1 Å². The lowest BCUT2D eigenvalue weighted by Crippen LogP contribution is -2.45. The zero-order chi connectivity index (χ0) is 13.7. The summed E-state index contributed by atoms with van der Waals surface area (Å²) in [6.07, 6.45) is 1.02. The lowest BCUT2D eigenvalue weighted by atomic mass is 10.3. The molecule has 1 aromatic heterocycles. The van der Waals surface area contributed by atoms with Gasteiger partial charge in [-0.15, -0.1) is 11.3 Å². The van der Waals surface area contributed by atoms with Crippen LogP contribution in [0.5, 0.6) is 0 Å². The molecule has 1 aromatic rings. The third-order valence-electron chi connectivity index (χ3n) is 3.36. The quantitative estimate of drug-likeness (QED) is 0.612. The van der Waals surface area contributed by atoms with Gasteiger partial charge in [-0.2, -0.15) is 0 Å². The minimum absolute atomic E-state index is 0.0533. The van der Waals surface area contributed by atoms with E-state index in [-0.39, 0.29) is 5.91 Å². The molecule has 0 radical (unpaired) electrons. The monoisotopic (exact) mass is 393 g/mol. The first-order chi connectivity index (χ1) is 9.15. The standard InChI is InChI=1S/C13H20IN3OS/c1-16-5-7-17(8-6-16)4-2-3-15-13(18)11-9-12(14)19-10-11/h9-10H,2-8H2,1H3,(H,15,18). The predicted octanol–water partition coefficient (Wildman–Crippen LogP) is 1.72. The fraction of sp³-hybridized carbons (Fsp3) is 0.615.